The molecule has 0 aromatic heterocycles. The number of sulfonamides is 1. The summed E-state index contributed by atoms with van der Waals surface area (Å²) < 4.78 is 27.0. The Morgan fingerprint density at radius 1 is 1.05 bits per heavy atom. The van der Waals surface area contributed by atoms with Gasteiger partial charge in [0.1, 0.15) is 0 Å². The maximum Gasteiger partial charge on any atom is 0.261 e. The van der Waals surface area contributed by atoms with Crippen molar-refractivity contribution >= 4 is 21.7 Å². The third-order valence-corrected chi connectivity index (χ3v) is 4.63. The highest BCUT2D eigenvalue weighted by molar-refractivity contribution is 7.92. The number of carbonyl (C=O) groups is 1. The Kier molecular flexibility index (Phi) is 3.99. The van der Waals surface area contributed by atoms with Crippen molar-refractivity contribution in [2.75, 3.05) is 4.72 Å². The fraction of sp³-hybridized carbons (Fsp3) is 0.133. The van der Waals surface area contributed by atoms with Gasteiger partial charge in [0.15, 0.2) is 0 Å². The Hall–Kier alpha value is -2.34. The molecule has 2 rings (SSSR count). The molecule has 0 fully saturated rings. The largest absolute Gasteiger partial charge is 0.545 e. The number of carbonyl (C=O) groups excluding carboxylic acids is 1. The highest BCUT2D eigenvalue weighted by Crippen LogP contribution is 2.22. The van der Waals surface area contributed by atoms with Gasteiger partial charge in [0.05, 0.1) is 16.6 Å². The van der Waals surface area contributed by atoms with E-state index in [-0.39, 0.29) is 10.5 Å². The topological polar surface area (TPSA) is 86.3 Å². The summed E-state index contributed by atoms with van der Waals surface area (Å²) in [5, 5.41) is 10.7. The number of anilines is 1. The van der Waals surface area contributed by atoms with E-state index < -0.39 is 16.0 Å². The summed E-state index contributed by atoms with van der Waals surface area (Å²) in [5.41, 5.74) is 2.24. The molecule has 0 aliphatic rings. The van der Waals surface area contributed by atoms with Crippen LogP contribution in [0.2, 0.25) is 0 Å². The van der Waals surface area contributed by atoms with Gasteiger partial charge in [-0.1, -0.05) is 24.3 Å². The van der Waals surface area contributed by atoms with Gasteiger partial charge < -0.3 is 9.90 Å². The lowest BCUT2D eigenvalue weighted by atomic mass is 10.1. The quantitative estimate of drug-likeness (QED) is 0.926. The van der Waals surface area contributed by atoms with Crippen LogP contribution in [-0.2, 0) is 10.0 Å². The number of aryl methyl sites for hydroxylation is 1. The van der Waals surface area contributed by atoms with Crippen LogP contribution in [0.3, 0.4) is 0 Å². The van der Waals surface area contributed by atoms with Gasteiger partial charge in [-0.05, 0) is 48.7 Å². The lowest BCUT2D eigenvalue weighted by molar-refractivity contribution is -0.255. The first kappa shape index (κ1) is 15.1. The number of carboxylic acid groups (broad SMARTS) is 1. The summed E-state index contributed by atoms with van der Waals surface area (Å²) in [6, 6.07) is 10.2. The Balaban J connectivity index is 2.34. The molecule has 0 unspecified atom stereocenters. The third kappa shape index (κ3) is 3.22. The molecular weight excluding hydrogens is 290 g/mol. The van der Waals surface area contributed by atoms with Gasteiger partial charge in [0.25, 0.3) is 10.0 Å². The van der Waals surface area contributed by atoms with E-state index in [1.54, 1.807) is 12.1 Å². The SMILES string of the molecule is Cc1cccc(NS(=O)(=O)c2ccc(C(=O)[O-])cc2)c1C. The lowest BCUT2D eigenvalue weighted by Crippen LogP contribution is -2.22. The fourth-order valence-corrected chi connectivity index (χ4v) is 2.96. The highest BCUT2D eigenvalue weighted by atomic mass is 32.2. The molecule has 0 saturated carbocycles. The number of rotatable bonds is 4. The molecule has 6 heteroatoms. The summed E-state index contributed by atoms with van der Waals surface area (Å²) in [7, 11) is -3.76. The Labute approximate surface area is 123 Å². The van der Waals surface area contributed by atoms with Gasteiger partial charge in [-0.25, -0.2) is 8.42 Å². The third-order valence-electron chi connectivity index (χ3n) is 3.25. The standard InChI is InChI=1S/C15H15NO4S/c1-10-4-3-5-14(11(10)2)16-21(19,20)13-8-6-12(7-9-13)15(17)18/h3-9,16H,1-2H3,(H,17,18)/p-1. The molecule has 1 N–H and O–H groups in total. The predicted octanol–water partition coefficient (Wildman–Crippen LogP) is 1.47. The summed E-state index contributed by atoms with van der Waals surface area (Å²) in [4.78, 5) is 10.7. The zero-order chi connectivity index (χ0) is 15.6. The van der Waals surface area contributed by atoms with Crippen LogP contribution in [0.15, 0.2) is 47.4 Å². The molecule has 0 heterocycles. The molecule has 2 aromatic rings. The van der Waals surface area contributed by atoms with Gasteiger partial charge in [-0.2, -0.15) is 0 Å². The van der Waals surface area contributed by atoms with Crippen LogP contribution in [0.25, 0.3) is 0 Å². The van der Waals surface area contributed by atoms with Crippen molar-refractivity contribution in [2.24, 2.45) is 0 Å². The Bertz CT molecular complexity index is 780. The molecule has 0 atom stereocenters. The maximum atomic E-state index is 12.3. The van der Waals surface area contributed by atoms with Crippen LogP contribution < -0.4 is 9.83 Å². The van der Waals surface area contributed by atoms with Gasteiger partial charge in [-0.15, -0.1) is 0 Å². The second-order valence-electron chi connectivity index (χ2n) is 4.66. The van der Waals surface area contributed by atoms with Crippen molar-refractivity contribution in [1.82, 2.24) is 0 Å². The number of hydrogen-bond acceptors (Lipinski definition) is 4. The Morgan fingerprint density at radius 3 is 2.24 bits per heavy atom. The van der Waals surface area contributed by atoms with E-state index in [1.165, 1.54) is 24.3 Å². The van der Waals surface area contributed by atoms with Crippen molar-refractivity contribution < 1.29 is 18.3 Å². The molecule has 0 bridgehead atoms. The Morgan fingerprint density at radius 2 is 1.67 bits per heavy atom. The second kappa shape index (κ2) is 5.57. The molecule has 5 nitrogen and oxygen atoms in total. The molecule has 0 amide bonds. The van der Waals surface area contributed by atoms with Crippen LogP contribution in [0.4, 0.5) is 5.69 Å². The van der Waals surface area contributed by atoms with Gasteiger partial charge in [0, 0.05) is 0 Å². The molecule has 0 radical (unpaired) electrons. The number of carboxylic acids is 1. The minimum atomic E-state index is -3.76. The molecule has 0 aliphatic heterocycles. The zero-order valence-electron chi connectivity index (χ0n) is 11.6. The van der Waals surface area contributed by atoms with Crippen molar-refractivity contribution in [3.05, 3.63) is 59.2 Å². The summed E-state index contributed by atoms with van der Waals surface area (Å²) in [5.74, 6) is -1.35. The van der Waals surface area contributed by atoms with Gasteiger partial charge in [0.2, 0.25) is 0 Å². The normalized spacial score (nSPS) is 11.1. The van der Waals surface area contributed by atoms with Crippen molar-refractivity contribution in [3.8, 4) is 0 Å². The van der Waals surface area contributed by atoms with E-state index in [0.29, 0.717) is 5.69 Å². The molecule has 21 heavy (non-hydrogen) atoms. The van der Waals surface area contributed by atoms with Crippen molar-refractivity contribution in [1.29, 1.82) is 0 Å². The van der Waals surface area contributed by atoms with Crippen molar-refractivity contribution in [3.63, 3.8) is 0 Å². The van der Waals surface area contributed by atoms with E-state index >= 15 is 0 Å². The average Bonchev–Trinajstić information content (AvgIpc) is 2.44. The predicted molar refractivity (Wildman–Crippen MR) is 77.5 cm³/mol. The average molecular weight is 304 g/mol. The summed E-state index contributed by atoms with van der Waals surface area (Å²) >= 11 is 0. The van der Waals surface area contributed by atoms with Crippen LogP contribution in [0, 0.1) is 13.8 Å². The first-order valence-corrected chi connectivity index (χ1v) is 7.70. The van der Waals surface area contributed by atoms with Gasteiger partial charge >= 0.3 is 0 Å². The minimum absolute atomic E-state index is 0.00611. The van der Waals surface area contributed by atoms with Gasteiger partial charge in [-0.3, -0.25) is 4.72 Å². The lowest BCUT2D eigenvalue weighted by Gasteiger charge is -2.12. The highest BCUT2D eigenvalue weighted by Gasteiger charge is 2.15. The van der Waals surface area contributed by atoms with E-state index in [9.17, 15) is 18.3 Å². The fourth-order valence-electron chi connectivity index (χ4n) is 1.84. The number of aromatic carboxylic acids is 1. The van der Waals surface area contributed by atoms with Crippen molar-refractivity contribution in [2.45, 2.75) is 18.7 Å². The maximum absolute atomic E-state index is 12.3. The second-order valence-corrected chi connectivity index (χ2v) is 6.35. The first-order valence-electron chi connectivity index (χ1n) is 6.22. The van der Waals surface area contributed by atoms with E-state index in [2.05, 4.69) is 4.72 Å². The van der Waals surface area contributed by atoms with Crippen LogP contribution in [0.1, 0.15) is 21.5 Å². The van der Waals surface area contributed by atoms with Crippen LogP contribution in [0.5, 0.6) is 0 Å². The van der Waals surface area contributed by atoms with E-state index in [1.807, 2.05) is 19.9 Å². The van der Waals surface area contributed by atoms with Crippen LogP contribution >= 0.6 is 0 Å². The first-order chi connectivity index (χ1) is 9.81. The summed E-state index contributed by atoms with van der Waals surface area (Å²) in [6.07, 6.45) is 0. The molecule has 0 aliphatic carbocycles. The zero-order valence-corrected chi connectivity index (χ0v) is 12.4. The summed E-state index contributed by atoms with van der Waals surface area (Å²) in [6.45, 7) is 3.72. The number of hydrogen-bond donors (Lipinski definition) is 1. The van der Waals surface area contributed by atoms with Crippen LogP contribution in [-0.4, -0.2) is 14.4 Å². The molecule has 2 aromatic carbocycles. The number of benzene rings is 2. The molecule has 0 saturated heterocycles. The van der Waals surface area contributed by atoms with E-state index in [0.717, 1.165) is 11.1 Å². The molecular formula is C15H14NO4S-. The number of nitrogens with one attached hydrogen (secondary N) is 1. The smallest absolute Gasteiger partial charge is 0.261 e. The molecule has 110 valence electrons. The monoisotopic (exact) mass is 304 g/mol. The minimum Gasteiger partial charge on any atom is -0.545 e. The molecule has 0 spiro atoms. The van der Waals surface area contributed by atoms with E-state index in [4.69, 9.17) is 0 Å².